The highest BCUT2D eigenvalue weighted by Gasteiger charge is 2.09. The van der Waals surface area contributed by atoms with Crippen molar-refractivity contribution in [3.63, 3.8) is 0 Å². The lowest BCUT2D eigenvalue weighted by molar-refractivity contribution is 0.647. The Morgan fingerprint density at radius 1 is 1.22 bits per heavy atom. The van der Waals surface area contributed by atoms with Gasteiger partial charge in [0.25, 0.3) is 0 Å². The molecular formula is C15H15ClN2. The molecule has 0 aliphatic heterocycles. The normalized spacial score (nSPS) is 11.8. The fraction of sp³-hybridized carbons (Fsp3) is 0.267. The number of halogens is 1. The minimum absolute atomic E-state index is 0.573. The Morgan fingerprint density at radius 3 is 2.78 bits per heavy atom. The van der Waals surface area contributed by atoms with Crippen LogP contribution in [0.2, 0.25) is 5.15 Å². The van der Waals surface area contributed by atoms with Crippen molar-refractivity contribution < 1.29 is 0 Å². The number of fused-ring (bicyclic) bond motifs is 3. The predicted octanol–water partition coefficient (Wildman–Crippen LogP) is 4.34. The van der Waals surface area contributed by atoms with Crippen LogP contribution in [0.4, 0.5) is 0 Å². The second-order valence-corrected chi connectivity index (χ2v) is 5.45. The number of nitrogens with zero attached hydrogens (tertiary/aromatic N) is 2. The molecule has 92 valence electrons. The summed E-state index contributed by atoms with van der Waals surface area (Å²) in [5.41, 5.74) is 4.34. The van der Waals surface area contributed by atoms with Crippen molar-refractivity contribution in [2.45, 2.75) is 20.3 Å². The van der Waals surface area contributed by atoms with Crippen molar-refractivity contribution in [1.82, 2.24) is 9.38 Å². The lowest BCUT2D eigenvalue weighted by Crippen LogP contribution is -1.92. The Kier molecular flexibility index (Phi) is 2.75. The molecule has 2 heterocycles. The molecule has 0 bridgehead atoms. The highest BCUT2D eigenvalue weighted by Crippen LogP contribution is 2.24. The van der Waals surface area contributed by atoms with E-state index in [-0.39, 0.29) is 0 Å². The topological polar surface area (TPSA) is 17.3 Å². The molecule has 0 saturated heterocycles. The van der Waals surface area contributed by atoms with E-state index in [2.05, 4.69) is 41.6 Å². The Bertz CT molecular complexity index is 713. The van der Waals surface area contributed by atoms with Crippen molar-refractivity contribution in [1.29, 1.82) is 0 Å². The lowest BCUT2D eigenvalue weighted by atomic mass is 10.1. The van der Waals surface area contributed by atoms with E-state index in [0.717, 1.165) is 23.0 Å². The van der Waals surface area contributed by atoms with Gasteiger partial charge in [0.1, 0.15) is 0 Å². The average molecular weight is 259 g/mol. The van der Waals surface area contributed by atoms with Crippen LogP contribution in [0, 0.1) is 5.92 Å². The summed E-state index contributed by atoms with van der Waals surface area (Å²) in [6.45, 7) is 4.45. The molecule has 2 nitrogen and oxygen atoms in total. The standard InChI is InChI=1S/C15H15ClN2/c1-10(2)7-11-8-14-15(16)17-12-5-3-4-6-13(12)18(14)9-11/h3-6,8-10H,7H2,1-2H3. The first-order valence-corrected chi connectivity index (χ1v) is 6.58. The average Bonchev–Trinajstić information content (AvgIpc) is 2.73. The molecule has 0 aliphatic carbocycles. The van der Waals surface area contributed by atoms with Gasteiger partial charge in [-0.3, -0.25) is 0 Å². The molecule has 0 fully saturated rings. The number of aromatic nitrogens is 2. The third-order valence-electron chi connectivity index (χ3n) is 3.09. The Labute approximate surface area is 111 Å². The fourth-order valence-electron chi connectivity index (χ4n) is 2.38. The van der Waals surface area contributed by atoms with Gasteiger partial charge in [-0.2, -0.15) is 0 Å². The maximum atomic E-state index is 6.25. The summed E-state index contributed by atoms with van der Waals surface area (Å²) in [5, 5.41) is 0.573. The van der Waals surface area contributed by atoms with Gasteiger partial charge in [0.15, 0.2) is 5.15 Å². The van der Waals surface area contributed by atoms with Gasteiger partial charge in [0.2, 0.25) is 0 Å². The summed E-state index contributed by atoms with van der Waals surface area (Å²) in [6, 6.07) is 10.2. The molecule has 0 N–H and O–H groups in total. The summed E-state index contributed by atoms with van der Waals surface area (Å²) in [5.74, 6) is 0.639. The van der Waals surface area contributed by atoms with Gasteiger partial charge in [0, 0.05) is 6.20 Å². The fourth-order valence-corrected chi connectivity index (χ4v) is 2.62. The maximum Gasteiger partial charge on any atom is 0.153 e. The summed E-state index contributed by atoms with van der Waals surface area (Å²) < 4.78 is 2.14. The Morgan fingerprint density at radius 2 is 2.00 bits per heavy atom. The zero-order valence-corrected chi connectivity index (χ0v) is 11.3. The first-order valence-electron chi connectivity index (χ1n) is 6.20. The van der Waals surface area contributed by atoms with Crippen molar-refractivity contribution in [2.24, 2.45) is 5.92 Å². The quantitative estimate of drug-likeness (QED) is 0.668. The summed E-state index contributed by atoms with van der Waals surface area (Å²) in [6.07, 6.45) is 3.23. The van der Waals surface area contributed by atoms with Gasteiger partial charge in [-0.25, -0.2) is 4.98 Å². The second kappa shape index (κ2) is 4.29. The highest BCUT2D eigenvalue weighted by atomic mass is 35.5. The van der Waals surface area contributed by atoms with E-state index in [1.54, 1.807) is 0 Å². The number of rotatable bonds is 2. The van der Waals surface area contributed by atoms with Crippen molar-refractivity contribution >= 4 is 28.2 Å². The van der Waals surface area contributed by atoms with Crippen LogP contribution in [-0.2, 0) is 6.42 Å². The lowest BCUT2D eigenvalue weighted by Gasteiger charge is -2.03. The number of hydrogen-bond donors (Lipinski definition) is 0. The van der Waals surface area contributed by atoms with E-state index in [9.17, 15) is 0 Å². The van der Waals surface area contributed by atoms with Gasteiger partial charge in [0.05, 0.1) is 16.6 Å². The highest BCUT2D eigenvalue weighted by molar-refractivity contribution is 6.33. The molecule has 3 heteroatoms. The van der Waals surface area contributed by atoms with Crippen LogP contribution < -0.4 is 0 Å². The van der Waals surface area contributed by atoms with E-state index < -0.39 is 0 Å². The van der Waals surface area contributed by atoms with Crippen molar-refractivity contribution in [3.8, 4) is 0 Å². The summed E-state index contributed by atoms with van der Waals surface area (Å²) in [4.78, 5) is 4.44. The van der Waals surface area contributed by atoms with Gasteiger partial charge in [-0.15, -0.1) is 0 Å². The summed E-state index contributed by atoms with van der Waals surface area (Å²) in [7, 11) is 0. The molecule has 0 unspecified atom stereocenters. The van der Waals surface area contributed by atoms with E-state index >= 15 is 0 Å². The Balaban J connectivity index is 2.31. The number of para-hydroxylation sites is 2. The second-order valence-electron chi connectivity index (χ2n) is 5.09. The van der Waals surface area contributed by atoms with Crippen LogP contribution in [0.3, 0.4) is 0 Å². The van der Waals surface area contributed by atoms with Crippen LogP contribution in [0.1, 0.15) is 19.4 Å². The summed E-state index contributed by atoms with van der Waals surface area (Å²) >= 11 is 6.25. The minimum Gasteiger partial charge on any atom is -0.312 e. The molecule has 1 aromatic carbocycles. The monoisotopic (exact) mass is 258 g/mol. The molecule has 3 rings (SSSR count). The molecule has 0 amide bonds. The van der Waals surface area contributed by atoms with Crippen molar-refractivity contribution in [3.05, 3.63) is 47.2 Å². The van der Waals surface area contributed by atoms with Gasteiger partial charge in [-0.05, 0) is 36.1 Å². The molecule has 3 aromatic rings. The number of hydrogen-bond acceptors (Lipinski definition) is 1. The van der Waals surface area contributed by atoms with Crippen LogP contribution in [-0.4, -0.2) is 9.38 Å². The molecule has 0 aliphatic rings. The van der Waals surface area contributed by atoms with Gasteiger partial charge < -0.3 is 4.40 Å². The molecule has 0 atom stereocenters. The smallest absolute Gasteiger partial charge is 0.153 e. The van der Waals surface area contributed by atoms with Gasteiger partial charge in [-0.1, -0.05) is 37.6 Å². The van der Waals surface area contributed by atoms with E-state index in [0.29, 0.717) is 11.1 Å². The van der Waals surface area contributed by atoms with Crippen LogP contribution in [0.25, 0.3) is 16.6 Å². The first kappa shape index (κ1) is 11.5. The third-order valence-corrected chi connectivity index (χ3v) is 3.37. The van der Waals surface area contributed by atoms with Crippen LogP contribution >= 0.6 is 11.6 Å². The van der Waals surface area contributed by atoms with Crippen LogP contribution in [0.5, 0.6) is 0 Å². The predicted molar refractivity (Wildman–Crippen MR) is 76.3 cm³/mol. The maximum absolute atomic E-state index is 6.25. The van der Waals surface area contributed by atoms with E-state index in [4.69, 9.17) is 11.6 Å². The Hall–Kier alpha value is -1.54. The molecule has 0 radical (unpaired) electrons. The van der Waals surface area contributed by atoms with Crippen LogP contribution in [0.15, 0.2) is 36.5 Å². The zero-order chi connectivity index (χ0) is 12.7. The minimum atomic E-state index is 0.573. The largest absolute Gasteiger partial charge is 0.312 e. The molecule has 18 heavy (non-hydrogen) atoms. The molecule has 0 spiro atoms. The number of benzene rings is 1. The van der Waals surface area contributed by atoms with Crippen molar-refractivity contribution in [2.75, 3.05) is 0 Å². The first-order chi connectivity index (χ1) is 8.65. The van der Waals surface area contributed by atoms with E-state index in [1.165, 1.54) is 5.56 Å². The van der Waals surface area contributed by atoms with E-state index in [1.807, 2.05) is 18.2 Å². The molecule has 2 aromatic heterocycles. The molecule has 0 saturated carbocycles. The SMILES string of the molecule is CC(C)Cc1cc2c(Cl)nc3ccccc3n2c1. The zero-order valence-electron chi connectivity index (χ0n) is 10.5. The third kappa shape index (κ3) is 1.87. The van der Waals surface area contributed by atoms with Gasteiger partial charge >= 0.3 is 0 Å². The molecular weight excluding hydrogens is 244 g/mol.